The van der Waals surface area contributed by atoms with Gasteiger partial charge in [-0.1, -0.05) is 15.9 Å². The molecule has 0 spiro atoms. The van der Waals surface area contributed by atoms with Gasteiger partial charge in [-0.3, -0.25) is 0 Å². The normalized spacial score (nSPS) is 10.4. The Balaban J connectivity index is 2.03. The fourth-order valence-electron chi connectivity index (χ4n) is 1.61. The van der Waals surface area contributed by atoms with Gasteiger partial charge in [-0.25, -0.2) is 4.79 Å². The number of benzene rings is 2. The van der Waals surface area contributed by atoms with Crippen LogP contribution in [0.3, 0.4) is 0 Å². The maximum absolute atomic E-state index is 12.0. The van der Waals surface area contributed by atoms with Gasteiger partial charge >= 0.3 is 5.97 Å². The zero-order chi connectivity index (χ0) is 14.5. The van der Waals surface area contributed by atoms with Crippen LogP contribution in [0.4, 0.5) is 0 Å². The van der Waals surface area contributed by atoms with Crippen molar-refractivity contribution >= 4 is 21.9 Å². The smallest absolute Gasteiger partial charge is 0.343 e. The monoisotopic (exact) mass is 334 g/mol. The van der Waals surface area contributed by atoms with E-state index in [1.807, 2.05) is 26.0 Å². The first-order chi connectivity index (χ1) is 9.54. The summed E-state index contributed by atoms with van der Waals surface area (Å²) in [6, 6.07) is 14.0. The summed E-state index contributed by atoms with van der Waals surface area (Å²) >= 11 is 3.33. The molecule has 104 valence electrons. The first-order valence-electron chi connectivity index (χ1n) is 6.29. The van der Waals surface area contributed by atoms with Crippen LogP contribution in [0.2, 0.25) is 0 Å². The molecule has 0 saturated heterocycles. The second kappa shape index (κ2) is 6.57. The molecule has 0 aliphatic rings. The van der Waals surface area contributed by atoms with Gasteiger partial charge in [0.1, 0.15) is 11.5 Å². The molecule has 0 heterocycles. The summed E-state index contributed by atoms with van der Waals surface area (Å²) < 4.78 is 11.7. The third kappa shape index (κ3) is 4.10. The number of ether oxygens (including phenoxy) is 2. The zero-order valence-electron chi connectivity index (χ0n) is 11.3. The van der Waals surface area contributed by atoms with Crippen molar-refractivity contribution in [1.29, 1.82) is 0 Å². The van der Waals surface area contributed by atoms with E-state index in [-0.39, 0.29) is 12.1 Å². The summed E-state index contributed by atoms with van der Waals surface area (Å²) in [5.74, 6) is 0.865. The van der Waals surface area contributed by atoms with Crippen molar-refractivity contribution in [2.24, 2.45) is 0 Å². The summed E-state index contributed by atoms with van der Waals surface area (Å²) in [4.78, 5) is 12.0. The fourth-order valence-corrected chi connectivity index (χ4v) is 1.87. The van der Waals surface area contributed by atoms with Crippen LogP contribution in [0, 0.1) is 0 Å². The number of hydrogen-bond acceptors (Lipinski definition) is 3. The van der Waals surface area contributed by atoms with Crippen molar-refractivity contribution in [2.45, 2.75) is 20.0 Å². The molecule has 0 amide bonds. The van der Waals surface area contributed by atoms with E-state index in [4.69, 9.17) is 9.47 Å². The maximum Gasteiger partial charge on any atom is 0.343 e. The summed E-state index contributed by atoms with van der Waals surface area (Å²) in [6.45, 7) is 3.91. The molecule has 2 rings (SSSR count). The topological polar surface area (TPSA) is 35.5 Å². The van der Waals surface area contributed by atoms with Gasteiger partial charge in [0.15, 0.2) is 0 Å². The molecule has 2 aromatic rings. The van der Waals surface area contributed by atoms with E-state index >= 15 is 0 Å². The van der Waals surface area contributed by atoms with Crippen molar-refractivity contribution < 1.29 is 14.3 Å². The Morgan fingerprint density at radius 2 is 1.50 bits per heavy atom. The minimum Gasteiger partial charge on any atom is -0.491 e. The van der Waals surface area contributed by atoms with E-state index in [1.54, 1.807) is 36.4 Å². The van der Waals surface area contributed by atoms with Crippen LogP contribution in [0.1, 0.15) is 24.2 Å². The molecule has 4 heteroatoms. The Kier molecular flexibility index (Phi) is 4.79. The van der Waals surface area contributed by atoms with E-state index in [0.29, 0.717) is 11.3 Å². The average molecular weight is 335 g/mol. The van der Waals surface area contributed by atoms with Gasteiger partial charge in [-0.05, 0) is 62.4 Å². The molecule has 3 nitrogen and oxygen atoms in total. The first-order valence-corrected chi connectivity index (χ1v) is 7.08. The highest BCUT2D eigenvalue weighted by molar-refractivity contribution is 9.10. The second-order valence-electron chi connectivity index (χ2n) is 4.53. The van der Waals surface area contributed by atoms with Gasteiger partial charge in [-0.15, -0.1) is 0 Å². The fraction of sp³-hybridized carbons (Fsp3) is 0.188. The molecule has 0 saturated carbocycles. The van der Waals surface area contributed by atoms with Crippen LogP contribution in [-0.4, -0.2) is 12.1 Å². The molecule has 0 bridgehead atoms. The minimum atomic E-state index is -0.386. The van der Waals surface area contributed by atoms with Gasteiger partial charge < -0.3 is 9.47 Å². The molecule has 20 heavy (non-hydrogen) atoms. The Morgan fingerprint density at radius 3 is 2.05 bits per heavy atom. The number of hydrogen-bond donors (Lipinski definition) is 0. The van der Waals surface area contributed by atoms with Crippen molar-refractivity contribution in [1.82, 2.24) is 0 Å². The summed E-state index contributed by atoms with van der Waals surface area (Å²) in [6.07, 6.45) is 0.107. The highest BCUT2D eigenvalue weighted by Gasteiger charge is 2.09. The van der Waals surface area contributed by atoms with E-state index in [9.17, 15) is 4.79 Å². The quantitative estimate of drug-likeness (QED) is 0.611. The predicted octanol–water partition coefficient (Wildman–Crippen LogP) is 4.46. The summed E-state index contributed by atoms with van der Waals surface area (Å²) in [5, 5.41) is 0. The Morgan fingerprint density at radius 1 is 0.950 bits per heavy atom. The van der Waals surface area contributed by atoms with E-state index in [2.05, 4.69) is 15.9 Å². The standard InChI is InChI=1S/C16H15BrO3/c1-11(2)19-14-7-3-12(4-8-14)16(18)20-15-9-5-13(17)6-10-15/h3-11H,1-2H3. The molecular weight excluding hydrogens is 320 g/mol. The number of carbonyl (C=O) groups excluding carboxylic acids is 1. The lowest BCUT2D eigenvalue weighted by atomic mass is 10.2. The minimum absolute atomic E-state index is 0.107. The van der Waals surface area contributed by atoms with Gasteiger partial charge in [0.2, 0.25) is 0 Å². The third-order valence-corrected chi connectivity index (χ3v) is 3.01. The lowest BCUT2D eigenvalue weighted by Crippen LogP contribution is -2.09. The van der Waals surface area contributed by atoms with E-state index in [1.165, 1.54) is 0 Å². The number of halogens is 1. The first kappa shape index (κ1) is 14.6. The van der Waals surface area contributed by atoms with Crippen molar-refractivity contribution in [3.05, 3.63) is 58.6 Å². The van der Waals surface area contributed by atoms with E-state index < -0.39 is 0 Å². The number of carbonyl (C=O) groups is 1. The summed E-state index contributed by atoms with van der Waals surface area (Å²) in [5.41, 5.74) is 0.490. The summed E-state index contributed by atoms with van der Waals surface area (Å²) in [7, 11) is 0. The van der Waals surface area contributed by atoms with Crippen LogP contribution in [0.5, 0.6) is 11.5 Å². The van der Waals surface area contributed by atoms with Crippen LogP contribution < -0.4 is 9.47 Å². The van der Waals surface area contributed by atoms with Crippen molar-refractivity contribution in [3.63, 3.8) is 0 Å². The largest absolute Gasteiger partial charge is 0.491 e. The maximum atomic E-state index is 12.0. The van der Waals surface area contributed by atoms with Crippen LogP contribution in [-0.2, 0) is 0 Å². The van der Waals surface area contributed by atoms with Crippen molar-refractivity contribution in [3.8, 4) is 11.5 Å². The SMILES string of the molecule is CC(C)Oc1ccc(C(=O)Oc2ccc(Br)cc2)cc1. The molecule has 0 radical (unpaired) electrons. The number of rotatable bonds is 4. The van der Waals surface area contributed by atoms with Gasteiger partial charge in [0.25, 0.3) is 0 Å². The van der Waals surface area contributed by atoms with Gasteiger partial charge in [0.05, 0.1) is 11.7 Å². The molecular formula is C16H15BrO3. The Hall–Kier alpha value is -1.81. The molecule has 0 fully saturated rings. The zero-order valence-corrected chi connectivity index (χ0v) is 12.9. The molecule has 0 aromatic heterocycles. The molecule has 0 unspecified atom stereocenters. The second-order valence-corrected chi connectivity index (χ2v) is 5.45. The van der Waals surface area contributed by atoms with Crippen LogP contribution >= 0.6 is 15.9 Å². The molecule has 0 atom stereocenters. The highest BCUT2D eigenvalue weighted by atomic mass is 79.9. The lowest BCUT2D eigenvalue weighted by molar-refractivity contribution is 0.0734. The Bertz CT molecular complexity index is 574. The Labute approximate surface area is 126 Å². The van der Waals surface area contributed by atoms with Crippen LogP contribution in [0.15, 0.2) is 53.0 Å². The van der Waals surface area contributed by atoms with Crippen molar-refractivity contribution in [2.75, 3.05) is 0 Å². The molecule has 2 aromatic carbocycles. The molecule has 0 aliphatic heterocycles. The van der Waals surface area contributed by atoms with Crippen LogP contribution in [0.25, 0.3) is 0 Å². The third-order valence-electron chi connectivity index (χ3n) is 2.49. The van der Waals surface area contributed by atoms with Gasteiger partial charge in [-0.2, -0.15) is 0 Å². The predicted molar refractivity (Wildman–Crippen MR) is 81.3 cm³/mol. The van der Waals surface area contributed by atoms with E-state index in [0.717, 1.165) is 10.2 Å². The van der Waals surface area contributed by atoms with Gasteiger partial charge in [0, 0.05) is 4.47 Å². The number of esters is 1. The highest BCUT2D eigenvalue weighted by Crippen LogP contribution is 2.19. The lowest BCUT2D eigenvalue weighted by Gasteiger charge is -2.10. The molecule has 0 aliphatic carbocycles. The molecule has 0 N–H and O–H groups in total. The average Bonchev–Trinajstić information content (AvgIpc) is 2.41.